The summed E-state index contributed by atoms with van der Waals surface area (Å²) in [6.45, 7) is 4.67. The van der Waals surface area contributed by atoms with Gasteiger partial charge in [-0.3, -0.25) is 5.32 Å². The maximum Gasteiger partial charge on any atom is 0.330 e. The van der Waals surface area contributed by atoms with Crippen LogP contribution in [0.2, 0.25) is 0 Å². The van der Waals surface area contributed by atoms with E-state index in [0.717, 1.165) is 10.0 Å². The molecule has 1 aromatic carbocycles. The molecule has 0 fully saturated rings. The van der Waals surface area contributed by atoms with Crippen LogP contribution in [0.15, 0.2) is 33.9 Å². The number of hydrogen-bond donors (Lipinski definition) is 1. The zero-order valence-electron chi connectivity index (χ0n) is 12.2. The second-order valence-corrected chi connectivity index (χ2v) is 5.29. The minimum absolute atomic E-state index is 0.270. The maximum atomic E-state index is 12.5. The van der Waals surface area contributed by atoms with E-state index >= 15 is 0 Å². The number of hydrogen-bond acceptors (Lipinski definition) is 4. The van der Waals surface area contributed by atoms with E-state index in [9.17, 15) is 4.79 Å². The summed E-state index contributed by atoms with van der Waals surface area (Å²) in [5.41, 5.74) is 8.21. The molecular formula is C14H19BrN4O2. The number of nitrogens with zero attached hydrogens (tertiary/aromatic N) is 3. The van der Waals surface area contributed by atoms with Gasteiger partial charge in [-0.1, -0.05) is 40.1 Å². The number of nitrogens with one attached hydrogen (secondary N) is 1. The number of esters is 1. The molecule has 1 N–H and O–H groups in total. The Hall–Kier alpha value is -1.56. The van der Waals surface area contributed by atoms with Crippen molar-refractivity contribution in [3.05, 3.63) is 44.7 Å². The monoisotopic (exact) mass is 354 g/mol. The molecule has 1 aromatic rings. The number of rotatable bonds is 8. The van der Waals surface area contributed by atoms with Crippen LogP contribution in [0.25, 0.3) is 10.4 Å². The smallest absolute Gasteiger partial charge is 0.330 e. The minimum Gasteiger partial charge on any atom is -0.464 e. The Balaban J connectivity index is 3.12. The minimum atomic E-state index is -0.940. The van der Waals surface area contributed by atoms with Gasteiger partial charge in [0.05, 0.1) is 6.61 Å². The quantitative estimate of drug-likeness (QED) is 0.254. The van der Waals surface area contributed by atoms with Gasteiger partial charge in [0.25, 0.3) is 0 Å². The summed E-state index contributed by atoms with van der Waals surface area (Å²) in [5, 5.41) is 6.67. The molecule has 1 atom stereocenters. The van der Waals surface area contributed by atoms with Crippen molar-refractivity contribution < 1.29 is 9.53 Å². The molecule has 0 saturated heterocycles. The maximum absolute atomic E-state index is 12.5. The molecule has 7 heteroatoms. The summed E-state index contributed by atoms with van der Waals surface area (Å²) < 4.78 is 6.12. The normalized spacial score (nSPS) is 13.1. The van der Waals surface area contributed by atoms with Crippen LogP contribution in [0.4, 0.5) is 0 Å². The number of ether oxygens (including phenoxy) is 1. The van der Waals surface area contributed by atoms with E-state index in [2.05, 4.69) is 31.3 Å². The summed E-state index contributed by atoms with van der Waals surface area (Å²) in [6, 6.07) is 7.54. The molecule has 0 radical (unpaired) electrons. The molecule has 0 amide bonds. The van der Waals surface area contributed by atoms with Gasteiger partial charge in [-0.2, -0.15) is 0 Å². The van der Waals surface area contributed by atoms with E-state index in [4.69, 9.17) is 10.3 Å². The summed E-state index contributed by atoms with van der Waals surface area (Å²) in [7, 11) is 0. The summed E-state index contributed by atoms with van der Waals surface area (Å²) >= 11 is 3.42. The SMILES string of the molecule is CCOC(=O)C(CC)(NCCN=[N+]=[N-])c1cccc(Br)c1. The van der Waals surface area contributed by atoms with Gasteiger partial charge in [0.1, 0.15) is 5.54 Å². The van der Waals surface area contributed by atoms with Crippen LogP contribution >= 0.6 is 15.9 Å². The molecule has 0 spiro atoms. The van der Waals surface area contributed by atoms with Crippen molar-refractivity contribution in [3.63, 3.8) is 0 Å². The van der Waals surface area contributed by atoms with Gasteiger partial charge in [-0.25, -0.2) is 4.79 Å². The van der Waals surface area contributed by atoms with Gasteiger partial charge in [0.15, 0.2) is 0 Å². The Kier molecular flexibility index (Phi) is 7.22. The third-order valence-electron chi connectivity index (χ3n) is 3.17. The first kappa shape index (κ1) is 17.5. The number of azide groups is 1. The van der Waals surface area contributed by atoms with Crippen molar-refractivity contribution in [2.45, 2.75) is 25.8 Å². The molecule has 0 saturated carbocycles. The zero-order valence-corrected chi connectivity index (χ0v) is 13.8. The van der Waals surface area contributed by atoms with Crippen LogP contribution in [-0.4, -0.2) is 25.7 Å². The van der Waals surface area contributed by atoms with Crippen molar-refractivity contribution in [3.8, 4) is 0 Å². The topological polar surface area (TPSA) is 87.1 Å². The molecule has 1 rings (SSSR count). The summed E-state index contributed by atoms with van der Waals surface area (Å²) in [5.74, 6) is -0.327. The number of carbonyl (C=O) groups is 1. The Morgan fingerprint density at radius 1 is 1.52 bits per heavy atom. The molecule has 1 unspecified atom stereocenters. The first-order chi connectivity index (χ1) is 10.1. The second kappa shape index (κ2) is 8.67. The molecule has 6 nitrogen and oxygen atoms in total. The summed E-state index contributed by atoms with van der Waals surface area (Å²) in [4.78, 5) is 15.2. The van der Waals surface area contributed by atoms with Gasteiger partial charge in [-0.15, -0.1) is 0 Å². The average molecular weight is 355 g/mol. The molecule has 21 heavy (non-hydrogen) atoms. The molecule has 0 bridgehead atoms. The van der Waals surface area contributed by atoms with E-state index in [0.29, 0.717) is 19.6 Å². The van der Waals surface area contributed by atoms with Crippen molar-refractivity contribution in [1.29, 1.82) is 0 Å². The first-order valence-electron chi connectivity index (χ1n) is 6.79. The van der Waals surface area contributed by atoms with Gasteiger partial charge >= 0.3 is 5.97 Å². The van der Waals surface area contributed by atoms with Gasteiger partial charge in [0.2, 0.25) is 0 Å². The molecule has 0 aromatic heterocycles. The third-order valence-corrected chi connectivity index (χ3v) is 3.67. The lowest BCUT2D eigenvalue weighted by atomic mass is 9.87. The van der Waals surface area contributed by atoms with E-state index < -0.39 is 5.54 Å². The van der Waals surface area contributed by atoms with Crippen LogP contribution in [-0.2, 0) is 15.1 Å². The van der Waals surface area contributed by atoms with E-state index in [1.807, 2.05) is 31.2 Å². The average Bonchev–Trinajstić information content (AvgIpc) is 2.48. The van der Waals surface area contributed by atoms with Gasteiger partial charge < -0.3 is 4.74 Å². The molecule has 0 aliphatic carbocycles. The Morgan fingerprint density at radius 3 is 2.86 bits per heavy atom. The second-order valence-electron chi connectivity index (χ2n) is 4.37. The number of benzene rings is 1. The predicted molar refractivity (Wildman–Crippen MR) is 84.8 cm³/mol. The summed E-state index contributed by atoms with van der Waals surface area (Å²) in [6.07, 6.45) is 0.526. The first-order valence-corrected chi connectivity index (χ1v) is 7.59. The Morgan fingerprint density at radius 2 is 2.29 bits per heavy atom. The largest absolute Gasteiger partial charge is 0.464 e. The molecular weight excluding hydrogens is 336 g/mol. The highest BCUT2D eigenvalue weighted by molar-refractivity contribution is 9.10. The number of carbonyl (C=O) groups excluding carboxylic acids is 1. The van der Waals surface area contributed by atoms with Crippen molar-refractivity contribution in [2.24, 2.45) is 5.11 Å². The Labute approximate surface area is 132 Å². The van der Waals surface area contributed by atoms with Crippen LogP contribution in [0.5, 0.6) is 0 Å². The lowest BCUT2D eigenvalue weighted by Crippen LogP contribution is -2.50. The standard InChI is InChI=1S/C14H19BrN4O2/c1-3-14(13(20)21-4-2,17-8-9-18-19-16)11-6-5-7-12(15)10-11/h5-7,10,17H,3-4,8-9H2,1-2H3. The van der Waals surface area contributed by atoms with Crippen LogP contribution < -0.4 is 5.32 Å². The Bertz CT molecular complexity index is 531. The van der Waals surface area contributed by atoms with Gasteiger partial charge in [-0.05, 0) is 36.6 Å². The highest BCUT2D eigenvalue weighted by atomic mass is 79.9. The van der Waals surface area contributed by atoms with Crippen molar-refractivity contribution in [2.75, 3.05) is 19.7 Å². The number of halogens is 1. The van der Waals surface area contributed by atoms with Crippen LogP contribution in [0.3, 0.4) is 0 Å². The van der Waals surface area contributed by atoms with E-state index in [-0.39, 0.29) is 12.5 Å². The van der Waals surface area contributed by atoms with Gasteiger partial charge in [0, 0.05) is 22.5 Å². The third kappa shape index (κ3) is 4.46. The lowest BCUT2D eigenvalue weighted by Gasteiger charge is -2.32. The van der Waals surface area contributed by atoms with Crippen molar-refractivity contribution in [1.82, 2.24) is 5.32 Å². The lowest BCUT2D eigenvalue weighted by molar-refractivity contribution is -0.152. The predicted octanol–water partition coefficient (Wildman–Crippen LogP) is 3.52. The highest BCUT2D eigenvalue weighted by Gasteiger charge is 2.39. The van der Waals surface area contributed by atoms with Crippen LogP contribution in [0, 0.1) is 0 Å². The molecule has 114 valence electrons. The molecule has 0 aliphatic heterocycles. The molecule has 0 heterocycles. The van der Waals surface area contributed by atoms with E-state index in [1.165, 1.54) is 0 Å². The fraction of sp³-hybridized carbons (Fsp3) is 0.500. The fourth-order valence-corrected chi connectivity index (χ4v) is 2.54. The zero-order chi connectivity index (χ0) is 15.7. The molecule has 0 aliphatic rings. The van der Waals surface area contributed by atoms with Crippen molar-refractivity contribution >= 4 is 21.9 Å². The van der Waals surface area contributed by atoms with E-state index in [1.54, 1.807) is 6.92 Å². The highest BCUT2D eigenvalue weighted by Crippen LogP contribution is 2.29. The van der Waals surface area contributed by atoms with Crippen LogP contribution in [0.1, 0.15) is 25.8 Å². The fourth-order valence-electron chi connectivity index (χ4n) is 2.14.